The van der Waals surface area contributed by atoms with Gasteiger partial charge in [0.2, 0.25) is 0 Å². The van der Waals surface area contributed by atoms with Crippen LogP contribution < -0.4 is 4.90 Å². The van der Waals surface area contributed by atoms with E-state index in [4.69, 9.17) is 9.15 Å². The minimum Gasteiger partial charge on any atom is -0.461 e. The molecule has 5 nitrogen and oxygen atoms in total. The van der Waals surface area contributed by atoms with Crippen molar-refractivity contribution in [3.8, 4) is 0 Å². The second-order valence-electron chi connectivity index (χ2n) is 3.98. The molecule has 0 amide bonds. The van der Waals surface area contributed by atoms with E-state index < -0.39 is 5.97 Å². The maximum atomic E-state index is 11.5. The van der Waals surface area contributed by atoms with E-state index in [-0.39, 0.29) is 5.69 Å². The first kappa shape index (κ1) is 14.9. The molecular weight excluding hydrogens is 252 g/mol. The maximum Gasteiger partial charge on any atom is 0.360 e. The highest BCUT2D eigenvalue weighted by molar-refractivity contribution is 7.98. The Morgan fingerprint density at radius 1 is 1.67 bits per heavy atom. The first-order valence-electron chi connectivity index (χ1n) is 5.94. The Morgan fingerprint density at radius 3 is 3.00 bits per heavy atom. The lowest BCUT2D eigenvalue weighted by Crippen LogP contribution is -2.29. The third kappa shape index (κ3) is 3.94. The Kier molecular flexibility index (Phi) is 6.04. The molecule has 0 aliphatic carbocycles. The first-order chi connectivity index (χ1) is 8.60. The van der Waals surface area contributed by atoms with Gasteiger partial charge in [-0.2, -0.15) is 16.7 Å². The molecule has 0 saturated heterocycles. The Hall–Kier alpha value is -1.17. The molecule has 1 unspecified atom stereocenters. The second kappa shape index (κ2) is 7.31. The number of carbonyl (C=O) groups excluding carboxylic acids is 1. The summed E-state index contributed by atoms with van der Waals surface area (Å²) >= 11 is 1.81. The minimum absolute atomic E-state index is 0.218. The van der Waals surface area contributed by atoms with Gasteiger partial charge in [-0.05, 0) is 32.3 Å². The van der Waals surface area contributed by atoms with Gasteiger partial charge < -0.3 is 14.1 Å². The summed E-state index contributed by atoms with van der Waals surface area (Å²) in [6, 6.07) is 0.762. The Balaban J connectivity index is 2.64. The van der Waals surface area contributed by atoms with Gasteiger partial charge >= 0.3 is 5.97 Å². The predicted octanol–water partition coefficient (Wildman–Crippen LogP) is 2.43. The van der Waals surface area contributed by atoms with Gasteiger partial charge in [0, 0.05) is 13.1 Å². The molecule has 1 rings (SSSR count). The molecule has 1 atom stereocenters. The molecule has 18 heavy (non-hydrogen) atoms. The summed E-state index contributed by atoms with van der Waals surface area (Å²) in [5, 5.41) is 0. The number of aromatic nitrogens is 1. The summed E-state index contributed by atoms with van der Waals surface area (Å²) in [5.41, 5.74) is 0.218. The summed E-state index contributed by atoms with van der Waals surface area (Å²) in [5.74, 6) is 0.634. The van der Waals surface area contributed by atoms with Crippen molar-refractivity contribution in [2.45, 2.75) is 26.3 Å². The summed E-state index contributed by atoms with van der Waals surface area (Å²) in [6.07, 6.45) is 4.45. The molecule has 0 radical (unpaired) electrons. The zero-order chi connectivity index (χ0) is 13.5. The van der Waals surface area contributed by atoms with Gasteiger partial charge in [0.05, 0.1) is 6.61 Å². The van der Waals surface area contributed by atoms with Crippen LogP contribution in [0.4, 0.5) is 6.01 Å². The molecule has 0 fully saturated rings. The van der Waals surface area contributed by atoms with Gasteiger partial charge in [-0.1, -0.05) is 0 Å². The van der Waals surface area contributed by atoms with E-state index >= 15 is 0 Å². The molecule has 102 valence electrons. The van der Waals surface area contributed by atoms with Crippen LogP contribution in [0.25, 0.3) is 0 Å². The van der Waals surface area contributed by atoms with Gasteiger partial charge in [-0.3, -0.25) is 0 Å². The standard InChI is InChI=1S/C12H20N2O3S/c1-5-16-11(15)10-8-17-12(13-10)14(3)9(2)6-7-18-4/h8-9H,5-7H2,1-4H3. The summed E-state index contributed by atoms with van der Waals surface area (Å²) in [6.45, 7) is 4.20. The van der Waals surface area contributed by atoms with Gasteiger partial charge in [0.25, 0.3) is 6.01 Å². The predicted molar refractivity (Wildman–Crippen MR) is 73.3 cm³/mol. The largest absolute Gasteiger partial charge is 0.461 e. The number of esters is 1. The van der Waals surface area contributed by atoms with Crippen molar-refractivity contribution in [3.63, 3.8) is 0 Å². The van der Waals surface area contributed by atoms with Crippen LogP contribution in [0.1, 0.15) is 30.8 Å². The fourth-order valence-electron chi connectivity index (χ4n) is 1.40. The molecular formula is C12H20N2O3S. The smallest absolute Gasteiger partial charge is 0.360 e. The fraction of sp³-hybridized carbons (Fsp3) is 0.667. The number of thioether (sulfide) groups is 1. The van der Waals surface area contributed by atoms with Crippen LogP contribution >= 0.6 is 11.8 Å². The monoisotopic (exact) mass is 272 g/mol. The summed E-state index contributed by atoms with van der Waals surface area (Å²) < 4.78 is 10.2. The molecule has 0 spiro atoms. The van der Waals surface area contributed by atoms with E-state index in [2.05, 4.69) is 18.2 Å². The number of anilines is 1. The minimum atomic E-state index is -0.447. The lowest BCUT2D eigenvalue weighted by molar-refractivity contribution is 0.0519. The highest BCUT2D eigenvalue weighted by Gasteiger charge is 2.18. The van der Waals surface area contributed by atoms with Crippen LogP contribution in [0.2, 0.25) is 0 Å². The molecule has 1 heterocycles. The Morgan fingerprint density at radius 2 is 2.39 bits per heavy atom. The number of rotatable bonds is 7. The van der Waals surface area contributed by atoms with E-state index in [9.17, 15) is 4.79 Å². The molecule has 0 N–H and O–H groups in total. The highest BCUT2D eigenvalue weighted by Crippen LogP contribution is 2.17. The number of carbonyl (C=O) groups is 1. The van der Waals surface area contributed by atoms with Crippen molar-refractivity contribution in [1.29, 1.82) is 0 Å². The molecule has 1 aromatic rings. The number of nitrogens with zero attached hydrogens (tertiary/aromatic N) is 2. The van der Waals surface area contributed by atoms with Crippen molar-refractivity contribution in [2.24, 2.45) is 0 Å². The Bertz CT molecular complexity index is 381. The van der Waals surface area contributed by atoms with E-state index in [1.807, 2.05) is 23.7 Å². The van der Waals surface area contributed by atoms with Gasteiger partial charge in [-0.15, -0.1) is 0 Å². The zero-order valence-electron chi connectivity index (χ0n) is 11.3. The topological polar surface area (TPSA) is 55.6 Å². The average Bonchev–Trinajstić information content (AvgIpc) is 2.84. The van der Waals surface area contributed by atoms with Gasteiger partial charge in [-0.25, -0.2) is 4.79 Å². The molecule has 0 aliphatic heterocycles. The molecule has 0 bridgehead atoms. The second-order valence-corrected chi connectivity index (χ2v) is 4.96. The van der Waals surface area contributed by atoms with E-state index in [0.717, 1.165) is 12.2 Å². The van der Waals surface area contributed by atoms with Crippen molar-refractivity contribution < 1.29 is 13.9 Å². The van der Waals surface area contributed by atoms with Crippen LogP contribution in [0.15, 0.2) is 10.7 Å². The highest BCUT2D eigenvalue weighted by atomic mass is 32.2. The molecule has 0 aromatic carbocycles. The fourth-order valence-corrected chi connectivity index (χ4v) is 1.97. The van der Waals surface area contributed by atoms with E-state index in [1.165, 1.54) is 6.26 Å². The number of ether oxygens (including phenoxy) is 1. The molecule has 0 aliphatic rings. The average molecular weight is 272 g/mol. The number of oxazole rings is 1. The lowest BCUT2D eigenvalue weighted by atomic mass is 10.2. The zero-order valence-corrected chi connectivity index (χ0v) is 12.1. The molecule has 0 saturated carbocycles. The summed E-state index contributed by atoms with van der Waals surface area (Å²) in [7, 11) is 1.91. The van der Waals surface area contributed by atoms with E-state index in [0.29, 0.717) is 18.7 Å². The third-order valence-corrected chi connectivity index (χ3v) is 3.32. The first-order valence-corrected chi connectivity index (χ1v) is 7.34. The van der Waals surface area contributed by atoms with Crippen molar-refractivity contribution in [2.75, 3.05) is 30.6 Å². The van der Waals surface area contributed by atoms with Crippen LogP contribution in [-0.2, 0) is 4.74 Å². The maximum absolute atomic E-state index is 11.5. The number of hydrogen-bond donors (Lipinski definition) is 0. The lowest BCUT2D eigenvalue weighted by Gasteiger charge is -2.22. The quantitative estimate of drug-likeness (QED) is 0.711. The van der Waals surface area contributed by atoms with Crippen molar-refractivity contribution >= 4 is 23.7 Å². The normalized spacial score (nSPS) is 12.2. The van der Waals surface area contributed by atoms with E-state index in [1.54, 1.807) is 6.92 Å². The molecule has 1 aromatic heterocycles. The third-order valence-electron chi connectivity index (χ3n) is 2.68. The van der Waals surface area contributed by atoms with Crippen LogP contribution in [0.3, 0.4) is 0 Å². The number of hydrogen-bond acceptors (Lipinski definition) is 6. The van der Waals surface area contributed by atoms with Gasteiger partial charge in [0.15, 0.2) is 5.69 Å². The van der Waals surface area contributed by atoms with Crippen LogP contribution in [0.5, 0.6) is 0 Å². The molecule has 6 heteroatoms. The van der Waals surface area contributed by atoms with Crippen LogP contribution in [-0.4, -0.2) is 42.7 Å². The van der Waals surface area contributed by atoms with Gasteiger partial charge in [0.1, 0.15) is 6.26 Å². The Labute approximate surface area is 112 Å². The van der Waals surface area contributed by atoms with Crippen molar-refractivity contribution in [3.05, 3.63) is 12.0 Å². The SMILES string of the molecule is CCOC(=O)c1coc(N(C)C(C)CCSC)n1. The van der Waals surface area contributed by atoms with Crippen molar-refractivity contribution in [1.82, 2.24) is 4.98 Å². The van der Waals surface area contributed by atoms with Crippen LogP contribution in [0, 0.1) is 0 Å². The summed E-state index contributed by atoms with van der Waals surface area (Å²) in [4.78, 5) is 17.5.